The quantitative estimate of drug-likeness (QED) is 0.892. The maximum Gasteiger partial charge on any atom is 0.311 e. The van der Waals surface area contributed by atoms with Gasteiger partial charge >= 0.3 is 5.97 Å². The number of carbonyl (C=O) groups is 1. The fourth-order valence-electron chi connectivity index (χ4n) is 2.75. The van der Waals surface area contributed by atoms with Gasteiger partial charge in [0.2, 0.25) is 0 Å². The van der Waals surface area contributed by atoms with Crippen molar-refractivity contribution < 1.29 is 9.90 Å². The van der Waals surface area contributed by atoms with Gasteiger partial charge in [0.1, 0.15) is 0 Å². The zero-order valence-corrected chi connectivity index (χ0v) is 10.7. The van der Waals surface area contributed by atoms with Gasteiger partial charge in [0.25, 0.3) is 0 Å². The zero-order valence-electron chi connectivity index (χ0n) is 9.93. The van der Waals surface area contributed by atoms with Gasteiger partial charge in [-0.15, -0.1) is 11.3 Å². The fraction of sp³-hybridized carbons (Fsp3) is 0.357. The number of benzene rings is 1. The van der Waals surface area contributed by atoms with Gasteiger partial charge < -0.3 is 10.8 Å². The van der Waals surface area contributed by atoms with E-state index in [2.05, 4.69) is 0 Å². The molecule has 4 heteroatoms. The van der Waals surface area contributed by atoms with E-state index in [9.17, 15) is 9.90 Å². The number of carboxylic acid groups (broad SMARTS) is 1. The Bertz CT molecular complexity index is 601. The maximum absolute atomic E-state index is 11.5. The largest absolute Gasteiger partial charge is 0.481 e. The molecule has 0 spiro atoms. The SMILES string of the molecule is NC(c1csc2ccccc12)C1(C(=O)O)CCC1. The predicted octanol–water partition coefficient (Wildman–Crippen LogP) is 3.16. The number of thiophene rings is 1. The summed E-state index contributed by atoms with van der Waals surface area (Å²) in [6.07, 6.45) is 2.34. The molecule has 2 aromatic rings. The Labute approximate surface area is 109 Å². The molecule has 1 heterocycles. The van der Waals surface area contributed by atoms with Crippen LogP contribution in [0.4, 0.5) is 0 Å². The van der Waals surface area contributed by atoms with Crippen LogP contribution < -0.4 is 5.73 Å². The number of fused-ring (bicyclic) bond motifs is 1. The molecule has 1 aromatic heterocycles. The van der Waals surface area contributed by atoms with Crippen molar-refractivity contribution >= 4 is 27.4 Å². The molecular formula is C14H15NO2S. The van der Waals surface area contributed by atoms with E-state index in [1.807, 2.05) is 29.6 Å². The molecular weight excluding hydrogens is 246 g/mol. The van der Waals surface area contributed by atoms with Gasteiger partial charge in [-0.1, -0.05) is 24.6 Å². The highest BCUT2D eigenvalue weighted by molar-refractivity contribution is 7.17. The molecule has 0 radical (unpaired) electrons. The first-order valence-electron chi connectivity index (χ1n) is 6.10. The molecule has 1 fully saturated rings. The highest BCUT2D eigenvalue weighted by Crippen LogP contribution is 2.51. The number of aliphatic carboxylic acids is 1. The highest BCUT2D eigenvalue weighted by atomic mass is 32.1. The van der Waals surface area contributed by atoms with Crippen LogP contribution >= 0.6 is 11.3 Å². The van der Waals surface area contributed by atoms with Crippen LogP contribution in [0.2, 0.25) is 0 Å². The molecule has 0 amide bonds. The topological polar surface area (TPSA) is 63.3 Å². The molecule has 1 aliphatic carbocycles. The number of hydrogen-bond donors (Lipinski definition) is 2. The van der Waals surface area contributed by atoms with Gasteiger partial charge in [-0.25, -0.2) is 0 Å². The van der Waals surface area contributed by atoms with Gasteiger partial charge in [-0.05, 0) is 35.2 Å². The summed E-state index contributed by atoms with van der Waals surface area (Å²) < 4.78 is 1.17. The Hall–Kier alpha value is -1.39. The third-order valence-electron chi connectivity index (χ3n) is 4.11. The fourth-order valence-corrected chi connectivity index (χ4v) is 3.75. The first-order valence-corrected chi connectivity index (χ1v) is 6.98. The van der Waals surface area contributed by atoms with Crippen LogP contribution in [-0.2, 0) is 4.79 Å². The van der Waals surface area contributed by atoms with Gasteiger partial charge in [-0.3, -0.25) is 4.79 Å². The Kier molecular flexibility index (Phi) is 2.64. The molecule has 0 aliphatic heterocycles. The first-order chi connectivity index (χ1) is 8.65. The minimum absolute atomic E-state index is 0.403. The van der Waals surface area contributed by atoms with E-state index < -0.39 is 17.4 Å². The third-order valence-corrected chi connectivity index (χ3v) is 5.09. The molecule has 1 aliphatic rings. The number of rotatable bonds is 3. The van der Waals surface area contributed by atoms with E-state index in [4.69, 9.17) is 5.73 Å². The lowest BCUT2D eigenvalue weighted by atomic mass is 9.62. The van der Waals surface area contributed by atoms with Gasteiger partial charge in [0, 0.05) is 10.7 Å². The minimum Gasteiger partial charge on any atom is -0.481 e. The average Bonchev–Trinajstić information content (AvgIpc) is 2.70. The van der Waals surface area contributed by atoms with Crippen LogP contribution in [0.5, 0.6) is 0 Å². The lowest BCUT2D eigenvalue weighted by Gasteiger charge is -2.42. The van der Waals surface area contributed by atoms with Crippen LogP contribution in [0.25, 0.3) is 10.1 Å². The summed E-state index contributed by atoms with van der Waals surface area (Å²) in [7, 11) is 0. The van der Waals surface area contributed by atoms with E-state index in [-0.39, 0.29) is 0 Å². The van der Waals surface area contributed by atoms with Crippen molar-refractivity contribution in [3.05, 3.63) is 35.2 Å². The van der Waals surface area contributed by atoms with Crippen molar-refractivity contribution in [2.24, 2.45) is 11.1 Å². The van der Waals surface area contributed by atoms with E-state index >= 15 is 0 Å². The molecule has 1 saturated carbocycles. The molecule has 94 valence electrons. The van der Waals surface area contributed by atoms with Crippen molar-refractivity contribution in [3.8, 4) is 0 Å². The van der Waals surface area contributed by atoms with Crippen molar-refractivity contribution in [2.75, 3.05) is 0 Å². The molecule has 3 N–H and O–H groups in total. The second-order valence-corrected chi connectivity index (χ2v) is 5.89. The molecule has 1 atom stereocenters. The number of carboxylic acids is 1. The van der Waals surface area contributed by atoms with Crippen LogP contribution in [-0.4, -0.2) is 11.1 Å². The summed E-state index contributed by atoms with van der Waals surface area (Å²) in [6, 6.07) is 7.63. The third kappa shape index (κ3) is 1.49. The van der Waals surface area contributed by atoms with Crippen molar-refractivity contribution in [1.82, 2.24) is 0 Å². The van der Waals surface area contributed by atoms with Gasteiger partial charge in [0.05, 0.1) is 5.41 Å². The van der Waals surface area contributed by atoms with Gasteiger partial charge in [0.15, 0.2) is 0 Å². The first kappa shape index (κ1) is 11.7. The molecule has 1 aromatic carbocycles. The smallest absolute Gasteiger partial charge is 0.311 e. The molecule has 0 saturated heterocycles. The van der Waals surface area contributed by atoms with E-state index in [1.54, 1.807) is 11.3 Å². The molecule has 3 nitrogen and oxygen atoms in total. The standard InChI is InChI=1S/C14H15NO2S/c15-12(14(13(16)17)6-3-7-14)10-8-18-11-5-2-1-4-9(10)11/h1-2,4-5,8,12H,3,6-7,15H2,(H,16,17). The van der Waals surface area contributed by atoms with E-state index in [1.165, 1.54) is 4.70 Å². The molecule has 0 bridgehead atoms. The summed E-state index contributed by atoms with van der Waals surface area (Å²) in [5.41, 5.74) is 6.51. The minimum atomic E-state index is -0.753. The van der Waals surface area contributed by atoms with Crippen molar-refractivity contribution in [2.45, 2.75) is 25.3 Å². The molecule has 3 rings (SSSR count). The van der Waals surface area contributed by atoms with Crippen LogP contribution in [0.3, 0.4) is 0 Å². The second kappa shape index (κ2) is 4.07. The maximum atomic E-state index is 11.5. The summed E-state index contributed by atoms with van der Waals surface area (Å²) in [6.45, 7) is 0. The summed E-state index contributed by atoms with van der Waals surface area (Å²) in [4.78, 5) is 11.5. The normalized spacial score (nSPS) is 19.4. The lowest BCUT2D eigenvalue weighted by Crippen LogP contribution is -2.46. The number of hydrogen-bond acceptors (Lipinski definition) is 3. The van der Waals surface area contributed by atoms with E-state index in [0.29, 0.717) is 12.8 Å². The van der Waals surface area contributed by atoms with Crippen LogP contribution in [0, 0.1) is 5.41 Å². The average molecular weight is 261 g/mol. The predicted molar refractivity (Wildman–Crippen MR) is 72.7 cm³/mol. The van der Waals surface area contributed by atoms with Crippen LogP contribution in [0.15, 0.2) is 29.6 Å². The summed E-state index contributed by atoms with van der Waals surface area (Å²) in [5.74, 6) is -0.753. The molecule has 1 unspecified atom stereocenters. The van der Waals surface area contributed by atoms with Crippen molar-refractivity contribution in [1.29, 1.82) is 0 Å². The van der Waals surface area contributed by atoms with E-state index in [0.717, 1.165) is 17.4 Å². The number of nitrogens with two attached hydrogens (primary N) is 1. The highest BCUT2D eigenvalue weighted by Gasteiger charge is 2.50. The van der Waals surface area contributed by atoms with Crippen LogP contribution in [0.1, 0.15) is 30.9 Å². The Morgan fingerprint density at radius 2 is 2.11 bits per heavy atom. The second-order valence-electron chi connectivity index (χ2n) is 4.98. The van der Waals surface area contributed by atoms with Gasteiger partial charge in [-0.2, -0.15) is 0 Å². The Morgan fingerprint density at radius 3 is 2.72 bits per heavy atom. The monoisotopic (exact) mass is 261 g/mol. The van der Waals surface area contributed by atoms with Crippen molar-refractivity contribution in [3.63, 3.8) is 0 Å². The summed E-state index contributed by atoms with van der Waals surface area (Å²) >= 11 is 1.63. The molecule has 18 heavy (non-hydrogen) atoms. The lowest BCUT2D eigenvalue weighted by molar-refractivity contribution is -0.156. The zero-order chi connectivity index (χ0) is 12.8. The Balaban J connectivity index is 2.06. The Morgan fingerprint density at radius 1 is 1.39 bits per heavy atom. The summed E-state index contributed by atoms with van der Waals surface area (Å²) in [5, 5.41) is 12.6.